The van der Waals surface area contributed by atoms with Crippen molar-refractivity contribution in [2.24, 2.45) is 0 Å². The van der Waals surface area contributed by atoms with Crippen LogP contribution in [0.2, 0.25) is 0 Å². The molecule has 3 aromatic rings. The molecule has 7 heteroatoms. The van der Waals surface area contributed by atoms with Crippen molar-refractivity contribution in [1.82, 2.24) is 30.4 Å². The molecule has 2 aromatic carbocycles. The van der Waals surface area contributed by atoms with Crippen molar-refractivity contribution >= 4 is 0 Å². The molecule has 1 N–H and O–H groups in total. The Morgan fingerprint density at radius 3 is 2.71 bits per heavy atom. The first-order valence-corrected chi connectivity index (χ1v) is 9.89. The minimum atomic E-state index is 0.345. The first-order chi connectivity index (χ1) is 13.8. The molecule has 2 heterocycles. The maximum atomic E-state index is 5.87. The third-order valence-corrected chi connectivity index (χ3v) is 5.19. The Hall–Kier alpha value is -2.77. The molecular weight excluding hydrogens is 352 g/mol. The van der Waals surface area contributed by atoms with Crippen LogP contribution in [0.15, 0.2) is 54.6 Å². The molecule has 0 aliphatic carbocycles. The second kappa shape index (κ2) is 8.95. The largest absolute Gasteiger partial charge is 0.423 e. The van der Waals surface area contributed by atoms with Crippen molar-refractivity contribution < 1.29 is 4.74 Å². The molecule has 28 heavy (non-hydrogen) atoms. The van der Waals surface area contributed by atoms with E-state index in [1.165, 1.54) is 24.9 Å². The molecule has 146 valence electrons. The van der Waals surface area contributed by atoms with Gasteiger partial charge in [-0.05, 0) is 66.2 Å². The van der Waals surface area contributed by atoms with E-state index in [1.54, 1.807) is 4.68 Å². The number of nitrogens with zero attached hydrogens (tertiary/aromatic N) is 5. The van der Waals surface area contributed by atoms with Crippen LogP contribution in [0.4, 0.5) is 0 Å². The number of likely N-dealkylation sites (N-methyl/N-ethyl adjacent to an activating group) is 1. The summed E-state index contributed by atoms with van der Waals surface area (Å²) in [7, 11) is 0. The number of hydrogen-bond donors (Lipinski definition) is 1. The molecule has 0 radical (unpaired) electrons. The fourth-order valence-electron chi connectivity index (χ4n) is 3.68. The van der Waals surface area contributed by atoms with Crippen molar-refractivity contribution in [3.05, 3.63) is 60.2 Å². The number of likely N-dealkylation sites (tertiary alicyclic amines) is 1. The van der Waals surface area contributed by atoms with Gasteiger partial charge in [-0.15, -0.1) is 0 Å². The number of benzene rings is 2. The monoisotopic (exact) mass is 378 g/mol. The summed E-state index contributed by atoms with van der Waals surface area (Å²) < 4.78 is 7.45. The van der Waals surface area contributed by atoms with E-state index in [9.17, 15) is 0 Å². The molecule has 1 saturated heterocycles. The summed E-state index contributed by atoms with van der Waals surface area (Å²) in [6.45, 7) is 6.51. The van der Waals surface area contributed by atoms with E-state index in [2.05, 4.69) is 44.8 Å². The van der Waals surface area contributed by atoms with E-state index >= 15 is 0 Å². The molecule has 4 rings (SSSR count). The van der Waals surface area contributed by atoms with Crippen molar-refractivity contribution in [3.8, 4) is 17.4 Å². The first kappa shape index (κ1) is 18.6. The Balaban J connectivity index is 1.32. The highest BCUT2D eigenvalue weighted by atomic mass is 16.5. The van der Waals surface area contributed by atoms with Gasteiger partial charge in [0.2, 0.25) is 0 Å². The second-order valence-corrected chi connectivity index (χ2v) is 7.01. The molecule has 1 atom stereocenters. The topological polar surface area (TPSA) is 68.1 Å². The van der Waals surface area contributed by atoms with Crippen LogP contribution >= 0.6 is 0 Å². The molecule has 1 unspecified atom stereocenters. The Bertz CT molecular complexity index is 864. The molecule has 7 nitrogen and oxygen atoms in total. The highest BCUT2D eigenvalue weighted by Gasteiger charge is 2.22. The third-order valence-electron chi connectivity index (χ3n) is 5.19. The number of ether oxygens (including phenoxy) is 1. The lowest BCUT2D eigenvalue weighted by molar-refractivity contribution is 0.260. The summed E-state index contributed by atoms with van der Waals surface area (Å²) in [5.41, 5.74) is 2.09. The molecule has 1 aliphatic heterocycles. The predicted octanol–water partition coefficient (Wildman–Crippen LogP) is 3.03. The maximum absolute atomic E-state index is 5.87. The van der Waals surface area contributed by atoms with Gasteiger partial charge in [0.15, 0.2) is 0 Å². The van der Waals surface area contributed by atoms with E-state index < -0.39 is 0 Å². The molecule has 0 saturated carbocycles. The minimum Gasteiger partial charge on any atom is -0.423 e. The summed E-state index contributed by atoms with van der Waals surface area (Å²) >= 11 is 0. The molecule has 0 bridgehead atoms. The highest BCUT2D eigenvalue weighted by molar-refractivity contribution is 5.34. The third kappa shape index (κ3) is 4.37. The van der Waals surface area contributed by atoms with Gasteiger partial charge < -0.3 is 10.1 Å². The van der Waals surface area contributed by atoms with E-state index in [0.717, 1.165) is 25.3 Å². The van der Waals surface area contributed by atoms with Gasteiger partial charge in [0.05, 0.1) is 5.69 Å². The molecular formula is C21H26N6O. The standard InChI is InChI=1S/C21H26N6O/c1-2-26-14-6-9-19(26)16-22-15-17-10-12-20(13-11-17)28-21-23-24-25-27(21)18-7-4-3-5-8-18/h3-5,7-8,10-13,19,22H,2,6,9,14-16H2,1H3. The van der Waals surface area contributed by atoms with E-state index in [0.29, 0.717) is 17.8 Å². The van der Waals surface area contributed by atoms with Gasteiger partial charge in [-0.25, -0.2) is 0 Å². The molecule has 0 amide bonds. The summed E-state index contributed by atoms with van der Waals surface area (Å²) in [6.07, 6.45) is 2.61. The Morgan fingerprint density at radius 2 is 1.93 bits per heavy atom. The van der Waals surface area contributed by atoms with E-state index in [1.807, 2.05) is 42.5 Å². The predicted molar refractivity (Wildman–Crippen MR) is 108 cm³/mol. The van der Waals surface area contributed by atoms with Gasteiger partial charge in [0.1, 0.15) is 5.75 Å². The summed E-state index contributed by atoms with van der Waals surface area (Å²) in [6, 6.07) is 18.8. The van der Waals surface area contributed by atoms with Crippen LogP contribution in [0, 0.1) is 0 Å². The fraction of sp³-hybridized carbons (Fsp3) is 0.381. The molecule has 0 spiro atoms. The quantitative estimate of drug-likeness (QED) is 0.650. The number of nitrogens with one attached hydrogen (secondary N) is 1. The molecule has 1 aromatic heterocycles. The number of hydrogen-bond acceptors (Lipinski definition) is 6. The second-order valence-electron chi connectivity index (χ2n) is 7.01. The number of rotatable bonds is 8. The Labute approximate surface area is 165 Å². The number of tetrazole rings is 1. The van der Waals surface area contributed by atoms with Gasteiger partial charge in [0.25, 0.3) is 0 Å². The zero-order chi connectivity index (χ0) is 19.2. The average Bonchev–Trinajstić information content (AvgIpc) is 3.39. The SMILES string of the molecule is CCN1CCCC1CNCc1ccc(Oc2nnnn2-c2ccccc2)cc1. The van der Waals surface area contributed by atoms with Crippen LogP contribution in [0.3, 0.4) is 0 Å². The number of aromatic nitrogens is 4. The van der Waals surface area contributed by atoms with Crippen LogP contribution in [0.25, 0.3) is 5.69 Å². The lowest BCUT2D eigenvalue weighted by atomic mass is 10.2. The molecule has 1 aliphatic rings. The molecule has 1 fully saturated rings. The fourth-order valence-corrected chi connectivity index (χ4v) is 3.68. The number of para-hydroxylation sites is 1. The maximum Gasteiger partial charge on any atom is 0.345 e. The van der Waals surface area contributed by atoms with Gasteiger partial charge >= 0.3 is 6.01 Å². The summed E-state index contributed by atoms with van der Waals surface area (Å²) in [5.74, 6) is 0.712. The van der Waals surface area contributed by atoms with Gasteiger partial charge in [-0.1, -0.05) is 42.4 Å². The van der Waals surface area contributed by atoms with Crippen LogP contribution in [-0.4, -0.2) is 50.8 Å². The smallest absolute Gasteiger partial charge is 0.345 e. The van der Waals surface area contributed by atoms with Gasteiger partial charge in [-0.2, -0.15) is 4.68 Å². The van der Waals surface area contributed by atoms with Crippen molar-refractivity contribution in [2.75, 3.05) is 19.6 Å². The average molecular weight is 378 g/mol. The van der Waals surface area contributed by atoms with Gasteiger partial charge in [-0.3, -0.25) is 4.90 Å². The lowest BCUT2D eigenvalue weighted by Crippen LogP contribution is -2.37. The van der Waals surface area contributed by atoms with Crippen molar-refractivity contribution in [1.29, 1.82) is 0 Å². The highest BCUT2D eigenvalue weighted by Crippen LogP contribution is 2.21. The zero-order valence-corrected chi connectivity index (χ0v) is 16.2. The summed E-state index contributed by atoms with van der Waals surface area (Å²) in [4.78, 5) is 2.56. The van der Waals surface area contributed by atoms with Crippen LogP contribution in [0.5, 0.6) is 11.8 Å². The zero-order valence-electron chi connectivity index (χ0n) is 16.2. The van der Waals surface area contributed by atoms with Crippen LogP contribution in [-0.2, 0) is 6.54 Å². The minimum absolute atomic E-state index is 0.345. The van der Waals surface area contributed by atoms with E-state index in [-0.39, 0.29) is 0 Å². The Morgan fingerprint density at radius 1 is 1.11 bits per heavy atom. The Kier molecular flexibility index (Phi) is 5.94. The normalized spacial score (nSPS) is 17.1. The van der Waals surface area contributed by atoms with Gasteiger partial charge in [0, 0.05) is 19.1 Å². The van der Waals surface area contributed by atoms with Crippen molar-refractivity contribution in [3.63, 3.8) is 0 Å². The van der Waals surface area contributed by atoms with E-state index in [4.69, 9.17) is 4.74 Å². The first-order valence-electron chi connectivity index (χ1n) is 9.89. The van der Waals surface area contributed by atoms with Crippen molar-refractivity contribution in [2.45, 2.75) is 32.4 Å². The lowest BCUT2D eigenvalue weighted by Gasteiger charge is -2.23. The van der Waals surface area contributed by atoms with Crippen LogP contribution in [0.1, 0.15) is 25.3 Å². The van der Waals surface area contributed by atoms with Crippen LogP contribution < -0.4 is 10.1 Å². The summed E-state index contributed by atoms with van der Waals surface area (Å²) in [5, 5.41) is 15.3.